The number of nitrogens with one attached hydrogen (secondary N) is 1. The van der Waals surface area contributed by atoms with Gasteiger partial charge in [0.15, 0.2) is 0 Å². The highest BCUT2D eigenvalue weighted by Gasteiger charge is 2.18. The molecule has 1 unspecified atom stereocenters. The van der Waals surface area contributed by atoms with Gasteiger partial charge in [0.05, 0.1) is 11.9 Å². The van der Waals surface area contributed by atoms with Crippen LogP contribution in [0.3, 0.4) is 0 Å². The molecule has 108 valence electrons. The van der Waals surface area contributed by atoms with Crippen LogP contribution in [0, 0.1) is 12.7 Å². The molecule has 0 aliphatic carbocycles. The summed E-state index contributed by atoms with van der Waals surface area (Å²) in [6.45, 7) is 4.71. The van der Waals surface area contributed by atoms with Crippen molar-refractivity contribution in [1.29, 1.82) is 0 Å². The standard InChI is InChI=1S/C14H18ClFN4/c1-4-18-13(10-5-11(16)8-17-7-10)6-12-9(2)19-20(3)14(12)15/h5,7-8,13,18H,4,6H2,1-3H3. The van der Waals surface area contributed by atoms with Crippen LogP contribution in [0.2, 0.25) is 5.15 Å². The Bertz CT molecular complexity index is 597. The Hall–Kier alpha value is -1.46. The van der Waals surface area contributed by atoms with Crippen molar-refractivity contribution in [3.8, 4) is 0 Å². The van der Waals surface area contributed by atoms with E-state index in [4.69, 9.17) is 11.6 Å². The van der Waals surface area contributed by atoms with Gasteiger partial charge in [-0.15, -0.1) is 0 Å². The van der Waals surface area contributed by atoms with Crippen molar-refractivity contribution in [1.82, 2.24) is 20.1 Å². The van der Waals surface area contributed by atoms with Gasteiger partial charge in [-0.1, -0.05) is 18.5 Å². The van der Waals surface area contributed by atoms with Crippen LogP contribution in [0.4, 0.5) is 4.39 Å². The summed E-state index contributed by atoms with van der Waals surface area (Å²) in [6, 6.07) is 1.46. The highest BCUT2D eigenvalue weighted by Crippen LogP contribution is 2.25. The van der Waals surface area contributed by atoms with Crippen molar-refractivity contribution in [2.45, 2.75) is 26.3 Å². The minimum absolute atomic E-state index is 0.0383. The van der Waals surface area contributed by atoms with Crippen LogP contribution in [0.15, 0.2) is 18.5 Å². The lowest BCUT2D eigenvalue weighted by Crippen LogP contribution is -2.23. The third-order valence-corrected chi connectivity index (χ3v) is 3.73. The lowest BCUT2D eigenvalue weighted by molar-refractivity contribution is 0.538. The lowest BCUT2D eigenvalue weighted by atomic mass is 10.0. The van der Waals surface area contributed by atoms with Crippen LogP contribution in [0.1, 0.15) is 29.8 Å². The van der Waals surface area contributed by atoms with Crippen molar-refractivity contribution < 1.29 is 4.39 Å². The van der Waals surface area contributed by atoms with Crippen LogP contribution >= 0.6 is 11.6 Å². The molecule has 1 N–H and O–H groups in total. The number of likely N-dealkylation sites (N-methyl/N-ethyl adjacent to an activating group) is 1. The molecule has 2 rings (SSSR count). The van der Waals surface area contributed by atoms with E-state index in [1.165, 1.54) is 12.3 Å². The van der Waals surface area contributed by atoms with Crippen molar-refractivity contribution >= 4 is 11.6 Å². The second-order valence-electron chi connectivity index (χ2n) is 4.73. The monoisotopic (exact) mass is 296 g/mol. The largest absolute Gasteiger partial charge is 0.310 e. The van der Waals surface area contributed by atoms with Gasteiger partial charge in [-0.05, 0) is 31.5 Å². The number of halogens is 2. The Morgan fingerprint density at radius 3 is 2.75 bits per heavy atom. The Kier molecular flexibility index (Phi) is 4.73. The maximum Gasteiger partial charge on any atom is 0.141 e. The van der Waals surface area contributed by atoms with E-state index in [2.05, 4.69) is 15.4 Å². The molecule has 0 saturated heterocycles. The summed E-state index contributed by atoms with van der Waals surface area (Å²) in [6.07, 6.45) is 3.53. The molecule has 0 radical (unpaired) electrons. The number of hydrogen-bond donors (Lipinski definition) is 1. The molecule has 0 fully saturated rings. The fourth-order valence-electron chi connectivity index (χ4n) is 2.28. The fraction of sp³-hybridized carbons (Fsp3) is 0.429. The van der Waals surface area contributed by atoms with Gasteiger partial charge >= 0.3 is 0 Å². The molecule has 4 nitrogen and oxygen atoms in total. The molecule has 2 heterocycles. The highest BCUT2D eigenvalue weighted by molar-refractivity contribution is 6.30. The maximum absolute atomic E-state index is 13.3. The second-order valence-corrected chi connectivity index (χ2v) is 5.09. The van der Waals surface area contributed by atoms with E-state index < -0.39 is 0 Å². The Morgan fingerprint density at radius 2 is 2.20 bits per heavy atom. The van der Waals surface area contributed by atoms with Gasteiger partial charge < -0.3 is 5.32 Å². The van der Waals surface area contributed by atoms with Crippen molar-refractivity contribution in [2.24, 2.45) is 7.05 Å². The second kappa shape index (κ2) is 6.33. The molecular weight excluding hydrogens is 279 g/mol. The van der Waals surface area contributed by atoms with Gasteiger partial charge in [-0.2, -0.15) is 5.10 Å². The number of pyridine rings is 1. The van der Waals surface area contributed by atoms with E-state index in [9.17, 15) is 4.39 Å². The molecule has 20 heavy (non-hydrogen) atoms. The number of hydrogen-bond acceptors (Lipinski definition) is 3. The summed E-state index contributed by atoms with van der Waals surface area (Å²) in [4.78, 5) is 3.91. The molecule has 0 amide bonds. The molecule has 1 atom stereocenters. The maximum atomic E-state index is 13.3. The Labute approximate surface area is 123 Å². The smallest absolute Gasteiger partial charge is 0.141 e. The first-order valence-electron chi connectivity index (χ1n) is 6.54. The van der Waals surface area contributed by atoms with E-state index in [-0.39, 0.29) is 11.9 Å². The van der Waals surface area contributed by atoms with Gasteiger partial charge in [0.2, 0.25) is 0 Å². The molecule has 0 saturated carbocycles. The predicted molar refractivity (Wildman–Crippen MR) is 77.3 cm³/mol. The number of aromatic nitrogens is 3. The normalized spacial score (nSPS) is 12.7. The van der Waals surface area contributed by atoms with Crippen molar-refractivity contribution in [2.75, 3.05) is 6.54 Å². The zero-order valence-electron chi connectivity index (χ0n) is 11.8. The van der Waals surface area contributed by atoms with Crippen LogP contribution < -0.4 is 5.32 Å². The minimum Gasteiger partial charge on any atom is -0.310 e. The van der Waals surface area contributed by atoms with Gasteiger partial charge in [0, 0.05) is 24.8 Å². The first-order chi connectivity index (χ1) is 9.52. The molecule has 0 aromatic carbocycles. The average Bonchev–Trinajstić information content (AvgIpc) is 2.64. The van der Waals surface area contributed by atoms with Crippen molar-refractivity contribution in [3.63, 3.8) is 0 Å². The van der Waals surface area contributed by atoms with Crippen LogP contribution in [-0.2, 0) is 13.5 Å². The van der Waals surface area contributed by atoms with Crippen LogP contribution in [-0.4, -0.2) is 21.3 Å². The molecule has 2 aromatic heterocycles. The van der Waals surface area contributed by atoms with E-state index in [0.29, 0.717) is 11.6 Å². The van der Waals surface area contributed by atoms with Crippen LogP contribution in [0.5, 0.6) is 0 Å². The van der Waals surface area contributed by atoms with Gasteiger partial charge in [0.1, 0.15) is 11.0 Å². The zero-order chi connectivity index (χ0) is 14.7. The summed E-state index contributed by atoms with van der Waals surface area (Å²) in [5, 5.41) is 8.26. The first kappa shape index (κ1) is 14.9. The highest BCUT2D eigenvalue weighted by atomic mass is 35.5. The molecule has 0 aliphatic heterocycles. The van der Waals surface area contributed by atoms with E-state index >= 15 is 0 Å². The SMILES string of the molecule is CCNC(Cc1c(C)nn(C)c1Cl)c1cncc(F)c1. The molecule has 0 aliphatic rings. The van der Waals surface area contributed by atoms with Gasteiger partial charge in [0.25, 0.3) is 0 Å². The molecular formula is C14H18ClFN4. The number of rotatable bonds is 5. The summed E-state index contributed by atoms with van der Waals surface area (Å²) >= 11 is 6.26. The van der Waals surface area contributed by atoms with Crippen molar-refractivity contribution in [3.05, 3.63) is 46.3 Å². The lowest BCUT2D eigenvalue weighted by Gasteiger charge is -2.18. The first-order valence-corrected chi connectivity index (χ1v) is 6.92. The van der Waals surface area contributed by atoms with E-state index in [1.807, 2.05) is 20.9 Å². The third kappa shape index (κ3) is 3.16. The average molecular weight is 297 g/mol. The Balaban J connectivity index is 2.30. The molecule has 0 bridgehead atoms. The van der Waals surface area contributed by atoms with E-state index in [0.717, 1.165) is 23.4 Å². The quantitative estimate of drug-likeness (QED) is 0.922. The summed E-state index contributed by atoms with van der Waals surface area (Å²) in [5.74, 6) is -0.334. The molecule has 6 heteroatoms. The fourth-order valence-corrected chi connectivity index (χ4v) is 2.53. The summed E-state index contributed by atoms with van der Waals surface area (Å²) in [5.41, 5.74) is 2.68. The topological polar surface area (TPSA) is 42.7 Å². The summed E-state index contributed by atoms with van der Waals surface area (Å²) in [7, 11) is 1.81. The van der Waals surface area contributed by atoms with Gasteiger partial charge in [-0.25, -0.2) is 4.39 Å². The predicted octanol–water partition coefficient (Wildman–Crippen LogP) is 2.81. The minimum atomic E-state index is -0.334. The van der Waals surface area contributed by atoms with Gasteiger partial charge in [-0.3, -0.25) is 9.67 Å². The zero-order valence-corrected chi connectivity index (χ0v) is 12.6. The number of aryl methyl sites for hydroxylation is 2. The Morgan fingerprint density at radius 1 is 1.45 bits per heavy atom. The third-order valence-electron chi connectivity index (χ3n) is 3.26. The molecule has 0 spiro atoms. The van der Waals surface area contributed by atoms with E-state index in [1.54, 1.807) is 10.9 Å². The number of nitrogens with zero attached hydrogens (tertiary/aromatic N) is 3. The molecule has 2 aromatic rings. The van der Waals surface area contributed by atoms with Crippen LogP contribution in [0.25, 0.3) is 0 Å². The summed E-state index contributed by atoms with van der Waals surface area (Å²) < 4.78 is 15.0.